The minimum absolute atomic E-state index is 0.328. The lowest BCUT2D eigenvalue weighted by Gasteiger charge is -2.42. The van der Waals surface area contributed by atoms with Gasteiger partial charge in [-0.05, 0) is 39.7 Å². The molecule has 1 rings (SSSR count). The molecule has 1 saturated heterocycles. The van der Waals surface area contributed by atoms with E-state index in [1.54, 1.807) is 0 Å². The molecule has 0 amide bonds. The van der Waals surface area contributed by atoms with Gasteiger partial charge in [0.1, 0.15) is 0 Å². The van der Waals surface area contributed by atoms with Gasteiger partial charge in [-0.1, -0.05) is 6.92 Å². The molecule has 16 heavy (non-hydrogen) atoms. The van der Waals surface area contributed by atoms with Gasteiger partial charge in [0.05, 0.1) is 0 Å². The Balaban J connectivity index is 2.27. The van der Waals surface area contributed by atoms with Crippen LogP contribution in [0.3, 0.4) is 0 Å². The average molecular weight is 227 g/mol. The molecule has 1 atom stereocenters. The smallest absolute Gasteiger partial charge is 0.0126 e. The summed E-state index contributed by atoms with van der Waals surface area (Å²) in [5.74, 6) is 0.742. The third kappa shape index (κ3) is 4.40. The van der Waals surface area contributed by atoms with E-state index in [1.807, 2.05) is 0 Å². The van der Waals surface area contributed by atoms with Gasteiger partial charge in [0.15, 0.2) is 0 Å². The van der Waals surface area contributed by atoms with Crippen molar-refractivity contribution in [1.29, 1.82) is 0 Å². The summed E-state index contributed by atoms with van der Waals surface area (Å²) in [4.78, 5) is 5.17. The molecule has 0 aliphatic carbocycles. The van der Waals surface area contributed by atoms with Gasteiger partial charge < -0.3 is 10.6 Å². The van der Waals surface area contributed by atoms with E-state index in [2.05, 4.69) is 37.5 Å². The van der Waals surface area contributed by atoms with Crippen molar-refractivity contribution in [2.45, 2.75) is 39.7 Å². The summed E-state index contributed by atoms with van der Waals surface area (Å²) in [6.45, 7) is 16.1. The zero-order valence-corrected chi connectivity index (χ0v) is 11.5. The Morgan fingerprint density at radius 2 is 1.69 bits per heavy atom. The maximum absolute atomic E-state index is 5.59. The Labute approximate surface area is 101 Å². The maximum Gasteiger partial charge on any atom is 0.0126 e. The van der Waals surface area contributed by atoms with Crippen molar-refractivity contribution in [3.63, 3.8) is 0 Å². The van der Waals surface area contributed by atoms with Crippen LogP contribution >= 0.6 is 0 Å². The lowest BCUT2D eigenvalue weighted by atomic mass is 10.0. The van der Waals surface area contributed by atoms with Crippen molar-refractivity contribution >= 4 is 0 Å². The molecule has 0 aromatic carbocycles. The lowest BCUT2D eigenvalue weighted by Crippen LogP contribution is -2.53. The maximum atomic E-state index is 5.59. The number of nitrogens with zero attached hydrogens (tertiary/aromatic N) is 2. The van der Waals surface area contributed by atoms with Gasteiger partial charge in [0.25, 0.3) is 0 Å². The van der Waals surface area contributed by atoms with Gasteiger partial charge in [-0.25, -0.2) is 0 Å². The fourth-order valence-corrected chi connectivity index (χ4v) is 2.42. The first-order valence-corrected chi connectivity index (χ1v) is 6.61. The Bertz CT molecular complexity index is 190. The monoisotopic (exact) mass is 227 g/mol. The van der Waals surface area contributed by atoms with E-state index >= 15 is 0 Å². The van der Waals surface area contributed by atoms with Crippen LogP contribution in [0, 0.1) is 5.92 Å². The van der Waals surface area contributed by atoms with Crippen LogP contribution in [0.15, 0.2) is 0 Å². The van der Waals surface area contributed by atoms with Crippen LogP contribution in [0.25, 0.3) is 0 Å². The Morgan fingerprint density at radius 3 is 2.12 bits per heavy atom. The molecule has 1 fully saturated rings. The lowest BCUT2D eigenvalue weighted by molar-refractivity contribution is 0.0560. The zero-order valence-electron chi connectivity index (χ0n) is 11.5. The molecular formula is C13H29N3. The Hall–Kier alpha value is -0.120. The van der Waals surface area contributed by atoms with Crippen LogP contribution in [-0.2, 0) is 0 Å². The largest absolute Gasteiger partial charge is 0.330 e. The van der Waals surface area contributed by atoms with Crippen molar-refractivity contribution in [2.75, 3.05) is 39.3 Å². The number of rotatable bonds is 4. The van der Waals surface area contributed by atoms with Crippen molar-refractivity contribution in [3.05, 3.63) is 0 Å². The van der Waals surface area contributed by atoms with E-state index in [1.165, 1.54) is 32.7 Å². The summed E-state index contributed by atoms with van der Waals surface area (Å²) in [7, 11) is 0. The third-order valence-corrected chi connectivity index (χ3v) is 3.55. The first-order valence-electron chi connectivity index (χ1n) is 6.61. The molecular weight excluding hydrogens is 198 g/mol. The highest BCUT2D eigenvalue weighted by atomic mass is 15.3. The van der Waals surface area contributed by atoms with Crippen molar-refractivity contribution in [3.8, 4) is 0 Å². The summed E-state index contributed by atoms with van der Waals surface area (Å²) in [5, 5.41) is 0. The molecule has 1 aliphatic rings. The summed E-state index contributed by atoms with van der Waals surface area (Å²) in [6.07, 6.45) is 1.15. The third-order valence-electron chi connectivity index (χ3n) is 3.55. The standard InChI is InChI=1S/C13H29N3/c1-12(5-6-14)11-15-7-9-16(10-8-15)13(2,3)4/h12H,5-11,14H2,1-4H3. The quantitative estimate of drug-likeness (QED) is 0.788. The van der Waals surface area contributed by atoms with Crippen LogP contribution in [-0.4, -0.2) is 54.6 Å². The second-order valence-electron chi connectivity index (χ2n) is 6.14. The van der Waals surface area contributed by atoms with E-state index < -0.39 is 0 Å². The minimum atomic E-state index is 0.328. The highest BCUT2D eigenvalue weighted by Gasteiger charge is 2.25. The molecule has 0 bridgehead atoms. The summed E-state index contributed by atoms with van der Waals surface area (Å²) >= 11 is 0. The molecule has 0 radical (unpaired) electrons. The number of hydrogen-bond acceptors (Lipinski definition) is 3. The Morgan fingerprint density at radius 1 is 1.12 bits per heavy atom. The zero-order chi connectivity index (χ0) is 12.2. The van der Waals surface area contributed by atoms with Crippen LogP contribution in [0.4, 0.5) is 0 Å². The van der Waals surface area contributed by atoms with Gasteiger partial charge in [0.2, 0.25) is 0 Å². The Kier molecular flexibility index (Phi) is 5.22. The highest BCUT2D eigenvalue weighted by molar-refractivity contribution is 4.82. The number of nitrogens with two attached hydrogens (primary N) is 1. The van der Waals surface area contributed by atoms with Crippen molar-refractivity contribution in [1.82, 2.24) is 9.80 Å². The molecule has 0 spiro atoms. The molecule has 1 heterocycles. The minimum Gasteiger partial charge on any atom is -0.330 e. The van der Waals surface area contributed by atoms with Crippen LogP contribution in [0.1, 0.15) is 34.1 Å². The predicted octanol–water partition coefficient (Wildman–Crippen LogP) is 1.39. The first kappa shape index (κ1) is 13.9. The molecule has 0 saturated carbocycles. The fourth-order valence-electron chi connectivity index (χ4n) is 2.42. The van der Waals surface area contributed by atoms with Gasteiger partial charge in [0, 0.05) is 38.3 Å². The molecule has 0 aromatic heterocycles. The first-order chi connectivity index (χ1) is 7.43. The molecule has 1 aliphatic heterocycles. The highest BCUT2D eigenvalue weighted by Crippen LogP contribution is 2.16. The van der Waals surface area contributed by atoms with Crippen molar-refractivity contribution < 1.29 is 0 Å². The van der Waals surface area contributed by atoms with Gasteiger partial charge in [-0.3, -0.25) is 4.90 Å². The number of piperazine rings is 1. The number of hydrogen-bond donors (Lipinski definition) is 1. The van der Waals surface area contributed by atoms with Crippen LogP contribution in [0.2, 0.25) is 0 Å². The summed E-state index contributed by atoms with van der Waals surface area (Å²) in [5.41, 5.74) is 5.92. The average Bonchev–Trinajstić information content (AvgIpc) is 2.17. The van der Waals surface area contributed by atoms with Crippen LogP contribution in [0.5, 0.6) is 0 Å². The van der Waals surface area contributed by atoms with E-state index in [0.29, 0.717) is 5.54 Å². The van der Waals surface area contributed by atoms with Gasteiger partial charge in [-0.2, -0.15) is 0 Å². The van der Waals surface area contributed by atoms with E-state index in [-0.39, 0.29) is 0 Å². The molecule has 96 valence electrons. The van der Waals surface area contributed by atoms with Gasteiger partial charge in [-0.15, -0.1) is 0 Å². The molecule has 3 nitrogen and oxygen atoms in total. The fraction of sp³-hybridized carbons (Fsp3) is 1.00. The molecule has 2 N–H and O–H groups in total. The van der Waals surface area contributed by atoms with Crippen LogP contribution < -0.4 is 5.73 Å². The van der Waals surface area contributed by atoms with E-state index in [9.17, 15) is 0 Å². The SMILES string of the molecule is CC(CCN)CN1CCN(C(C)(C)C)CC1. The second-order valence-corrected chi connectivity index (χ2v) is 6.14. The summed E-state index contributed by atoms with van der Waals surface area (Å²) < 4.78 is 0. The van der Waals surface area contributed by atoms with Gasteiger partial charge >= 0.3 is 0 Å². The molecule has 3 heteroatoms. The molecule has 0 aromatic rings. The van der Waals surface area contributed by atoms with E-state index in [0.717, 1.165) is 18.9 Å². The second kappa shape index (κ2) is 5.99. The van der Waals surface area contributed by atoms with Crippen molar-refractivity contribution in [2.24, 2.45) is 11.7 Å². The normalized spacial score (nSPS) is 22.3. The topological polar surface area (TPSA) is 32.5 Å². The van der Waals surface area contributed by atoms with E-state index in [4.69, 9.17) is 5.73 Å². The summed E-state index contributed by atoms with van der Waals surface area (Å²) in [6, 6.07) is 0. The molecule has 1 unspecified atom stereocenters. The predicted molar refractivity (Wildman–Crippen MR) is 70.6 cm³/mol.